The van der Waals surface area contributed by atoms with Crippen LogP contribution >= 0.6 is 0 Å². The second kappa shape index (κ2) is 12.6. The molecule has 1 aromatic carbocycles. The third kappa shape index (κ3) is 6.83. The highest BCUT2D eigenvalue weighted by Crippen LogP contribution is 2.39. The van der Waals surface area contributed by atoms with Gasteiger partial charge in [-0.2, -0.15) is 18.3 Å². The summed E-state index contributed by atoms with van der Waals surface area (Å²) in [6.07, 6.45) is 5.65. The Morgan fingerprint density at radius 2 is 1.81 bits per heavy atom. The molecule has 10 heteroatoms. The van der Waals surface area contributed by atoms with Gasteiger partial charge >= 0.3 is 12.3 Å². The molecular weight excluding hydrogens is 555 g/mol. The van der Waals surface area contributed by atoms with E-state index in [0.717, 1.165) is 60.6 Å². The summed E-state index contributed by atoms with van der Waals surface area (Å²) in [7, 11) is 0. The SMILES string of the molecule is CCN(c1ncc(-c2cnn(CC(C)C)c2)cc1CN1C(=O)OC(c2cc(C)cc(C(F)(F)F)c2)[C@@H]1C)C1CCCCC1. The molecule has 0 N–H and O–H groups in total. The molecule has 5 rings (SSSR count). The monoisotopic (exact) mass is 597 g/mol. The van der Waals surface area contributed by atoms with Crippen molar-refractivity contribution in [3.63, 3.8) is 0 Å². The highest BCUT2D eigenvalue weighted by molar-refractivity contribution is 5.72. The van der Waals surface area contributed by atoms with Gasteiger partial charge in [0.2, 0.25) is 0 Å². The number of pyridine rings is 1. The molecule has 3 heterocycles. The lowest BCUT2D eigenvalue weighted by Gasteiger charge is -2.36. The number of carbonyl (C=O) groups excluding carboxylic acids is 1. The van der Waals surface area contributed by atoms with Crippen LogP contribution < -0.4 is 4.90 Å². The predicted molar refractivity (Wildman–Crippen MR) is 161 cm³/mol. The largest absolute Gasteiger partial charge is 0.439 e. The molecule has 0 spiro atoms. The zero-order valence-electron chi connectivity index (χ0n) is 25.7. The van der Waals surface area contributed by atoms with Gasteiger partial charge in [-0.1, -0.05) is 44.7 Å². The van der Waals surface area contributed by atoms with E-state index in [4.69, 9.17) is 9.72 Å². The molecular formula is C33H42F3N5O2. The Morgan fingerprint density at radius 1 is 1.07 bits per heavy atom. The third-order valence-corrected chi connectivity index (χ3v) is 8.58. The summed E-state index contributed by atoms with van der Waals surface area (Å²) >= 11 is 0. The van der Waals surface area contributed by atoms with Crippen LogP contribution in [0.5, 0.6) is 0 Å². The number of amides is 1. The molecule has 43 heavy (non-hydrogen) atoms. The minimum absolute atomic E-state index is 0.230. The fourth-order valence-electron chi connectivity index (χ4n) is 6.48. The lowest BCUT2D eigenvalue weighted by atomic mass is 9.93. The predicted octanol–water partition coefficient (Wildman–Crippen LogP) is 8.17. The van der Waals surface area contributed by atoms with Gasteiger partial charge in [0, 0.05) is 48.2 Å². The summed E-state index contributed by atoms with van der Waals surface area (Å²) < 4.78 is 48.4. The van der Waals surface area contributed by atoms with Gasteiger partial charge in [-0.25, -0.2) is 9.78 Å². The number of halogens is 3. The van der Waals surface area contributed by atoms with E-state index < -0.39 is 30.0 Å². The zero-order valence-corrected chi connectivity index (χ0v) is 25.7. The normalized spacial score (nSPS) is 19.7. The Labute approximate surface area is 252 Å². The minimum Gasteiger partial charge on any atom is -0.439 e. The number of hydrogen-bond donors (Lipinski definition) is 0. The lowest BCUT2D eigenvalue weighted by molar-refractivity contribution is -0.137. The standard InChI is InChI=1S/C33H42F3N5O2/c1-6-40(29-10-8-7-9-11-29)31-26(14-25(16-37-31)27-17-38-39(19-27)18-21(2)3)20-41-23(5)30(43-32(41)42)24-12-22(4)13-28(15-24)33(34,35)36/h12-17,19,21,23,29-30H,6-11,18,20H2,1-5H3/t23-,30?/m0/s1. The van der Waals surface area contributed by atoms with Crippen molar-refractivity contribution < 1.29 is 22.7 Å². The van der Waals surface area contributed by atoms with Gasteiger partial charge in [0.1, 0.15) is 11.9 Å². The smallest absolute Gasteiger partial charge is 0.416 e. The molecule has 1 unspecified atom stereocenters. The number of carbonyl (C=O) groups is 1. The fourth-order valence-corrected chi connectivity index (χ4v) is 6.48. The molecule has 7 nitrogen and oxygen atoms in total. The molecule has 2 aliphatic rings. The highest BCUT2D eigenvalue weighted by atomic mass is 19.4. The maximum absolute atomic E-state index is 13.6. The minimum atomic E-state index is -4.49. The molecule has 1 aliphatic heterocycles. The first-order valence-corrected chi connectivity index (χ1v) is 15.4. The maximum atomic E-state index is 13.6. The van der Waals surface area contributed by atoms with Crippen molar-refractivity contribution in [2.45, 2.75) is 104 Å². The van der Waals surface area contributed by atoms with Crippen LogP contribution in [0.4, 0.5) is 23.8 Å². The van der Waals surface area contributed by atoms with E-state index in [-0.39, 0.29) is 6.54 Å². The van der Waals surface area contributed by atoms with E-state index in [1.54, 1.807) is 17.9 Å². The van der Waals surface area contributed by atoms with Crippen molar-refractivity contribution in [1.82, 2.24) is 19.7 Å². The van der Waals surface area contributed by atoms with Crippen LogP contribution in [0.25, 0.3) is 11.1 Å². The van der Waals surface area contributed by atoms with E-state index in [1.807, 2.05) is 30.2 Å². The third-order valence-electron chi connectivity index (χ3n) is 8.58. The second-order valence-electron chi connectivity index (χ2n) is 12.4. The summed E-state index contributed by atoms with van der Waals surface area (Å²) in [6.45, 7) is 11.7. The number of benzene rings is 1. The van der Waals surface area contributed by atoms with Crippen LogP contribution in [0.2, 0.25) is 0 Å². The van der Waals surface area contributed by atoms with Crippen molar-refractivity contribution in [3.05, 3.63) is 65.1 Å². The lowest BCUT2D eigenvalue weighted by Crippen LogP contribution is -2.39. The molecule has 2 fully saturated rings. The molecule has 0 radical (unpaired) electrons. The van der Waals surface area contributed by atoms with Gasteiger partial charge in [0.25, 0.3) is 0 Å². The maximum Gasteiger partial charge on any atom is 0.416 e. The van der Waals surface area contributed by atoms with Gasteiger partial charge in [-0.3, -0.25) is 9.58 Å². The Balaban J connectivity index is 1.49. The van der Waals surface area contributed by atoms with Crippen LogP contribution in [-0.4, -0.2) is 44.4 Å². The Bertz CT molecular complexity index is 1430. The first-order valence-electron chi connectivity index (χ1n) is 15.4. The molecule has 1 saturated heterocycles. The quantitative estimate of drug-likeness (QED) is 0.249. The van der Waals surface area contributed by atoms with E-state index in [9.17, 15) is 18.0 Å². The molecule has 1 amide bonds. The summed E-state index contributed by atoms with van der Waals surface area (Å²) in [5.41, 5.74) is 2.79. The number of ether oxygens (including phenoxy) is 1. The number of aryl methyl sites for hydroxylation is 1. The summed E-state index contributed by atoms with van der Waals surface area (Å²) in [4.78, 5) is 22.2. The molecule has 2 atom stereocenters. The van der Waals surface area contributed by atoms with Crippen LogP contribution in [0.15, 0.2) is 42.9 Å². The molecule has 0 bridgehead atoms. The first-order chi connectivity index (χ1) is 20.4. The number of aromatic nitrogens is 3. The van der Waals surface area contributed by atoms with Crippen molar-refractivity contribution in [2.24, 2.45) is 5.92 Å². The number of rotatable bonds is 9. The van der Waals surface area contributed by atoms with Crippen molar-refractivity contribution in [1.29, 1.82) is 0 Å². The molecule has 232 valence electrons. The topological polar surface area (TPSA) is 63.5 Å². The van der Waals surface area contributed by atoms with Crippen LogP contribution in [0.3, 0.4) is 0 Å². The van der Waals surface area contributed by atoms with Crippen molar-refractivity contribution in [3.8, 4) is 11.1 Å². The average molecular weight is 598 g/mol. The zero-order chi connectivity index (χ0) is 30.9. The Morgan fingerprint density at radius 3 is 2.49 bits per heavy atom. The van der Waals surface area contributed by atoms with E-state index >= 15 is 0 Å². The molecule has 2 aromatic heterocycles. The fraction of sp³-hybridized carbons (Fsp3) is 0.545. The first kappa shape index (κ1) is 30.9. The van der Waals surface area contributed by atoms with Crippen LogP contribution in [0, 0.1) is 12.8 Å². The molecule has 3 aromatic rings. The van der Waals surface area contributed by atoms with Gasteiger partial charge in [-0.05, 0) is 63.3 Å². The molecule has 1 saturated carbocycles. The van der Waals surface area contributed by atoms with E-state index in [1.165, 1.54) is 19.3 Å². The number of alkyl halides is 3. The van der Waals surface area contributed by atoms with E-state index in [2.05, 4.69) is 36.8 Å². The van der Waals surface area contributed by atoms with Gasteiger partial charge in [0.05, 0.1) is 24.3 Å². The number of nitrogens with zero attached hydrogens (tertiary/aromatic N) is 5. The van der Waals surface area contributed by atoms with Crippen LogP contribution in [-0.2, 0) is 24.0 Å². The number of hydrogen-bond acceptors (Lipinski definition) is 5. The number of cyclic esters (lactones) is 1. The van der Waals surface area contributed by atoms with Gasteiger partial charge in [-0.15, -0.1) is 0 Å². The van der Waals surface area contributed by atoms with Gasteiger partial charge < -0.3 is 9.64 Å². The average Bonchev–Trinajstić information content (AvgIpc) is 3.53. The van der Waals surface area contributed by atoms with Crippen molar-refractivity contribution >= 4 is 11.9 Å². The number of anilines is 1. The van der Waals surface area contributed by atoms with Gasteiger partial charge in [0.15, 0.2) is 0 Å². The summed E-state index contributed by atoms with van der Waals surface area (Å²) in [6, 6.07) is 5.83. The second-order valence-corrected chi connectivity index (χ2v) is 12.4. The summed E-state index contributed by atoms with van der Waals surface area (Å²) in [5.74, 6) is 1.29. The summed E-state index contributed by atoms with van der Waals surface area (Å²) in [5, 5.41) is 4.53. The highest BCUT2D eigenvalue weighted by Gasteiger charge is 2.41. The van der Waals surface area contributed by atoms with Crippen LogP contribution in [0.1, 0.15) is 88.2 Å². The van der Waals surface area contributed by atoms with Crippen molar-refractivity contribution in [2.75, 3.05) is 11.4 Å². The van der Waals surface area contributed by atoms with E-state index in [0.29, 0.717) is 23.1 Å². The Kier molecular flexibility index (Phi) is 9.04. The Hall–Kier alpha value is -3.56. The molecule has 1 aliphatic carbocycles.